The molecule has 2 bridgehead atoms. The Balaban J connectivity index is 1.79. The molecule has 2 aliphatic heterocycles. The Bertz CT molecular complexity index is 952. The summed E-state index contributed by atoms with van der Waals surface area (Å²) in [6.07, 6.45) is 0.409. The molecular weight excluding hydrogens is 381 g/mol. The summed E-state index contributed by atoms with van der Waals surface area (Å²) in [5, 5.41) is 14.7. The van der Waals surface area contributed by atoms with Crippen LogP contribution in [0.15, 0.2) is 36.4 Å². The van der Waals surface area contributed by atoms with Crippen molar-refractivity contribution in [1.82, 2.24) is 5.32 Å². The molecule has 2 aliphatic rings. The third kappa shape index (κ3) is 2.55. The molecule has 0 radical (unpaired) electrons. The third-order valence-electron chi connectivity index (χ3n) is 4.62. The number of carbonyl (C=O) groups excluding carboxylic acids is 1. The van der Waals surface area contributed by atoms with Crippen molar-refractivity contribution in [2.45, 2.75) is 25.1 Å². The van der Waals surface area contributed by atoms with E-state index in [-0.39, 0.29) is 5.69 Å². The maximum atomic E-state index is 12.8. The van der Waals surface area contributed by atoms with Crippen LogP contribution in [0.1, 0.15) is 24.9 Å². The lowest BCUT2D eigenvalue weighted by Gasteiger charge is -2.50. The first-order valence-corrected chi connectivity index (χ1v) is 8.57. The van der Waals surface area contributed by atoms with Crippen molar-refractivity contribution in [3.63, 3.8) is 0 Å². The number of rotatable bonds is 2. The van der Waals surface area contributed by atoms with Crippen molar-refractivity contribution in [2.75, 3.05) is 4.90 Å². The van der Waals surface area contributed by atoms with Crippen LogP contribution in [0.5, 0.6) is 5.75 Å². The minimum Gasteiger partial charge on any atom is -0.467 e. The monoisotopic (exact) mass is 393 g/mol. The number of fused-ring (bicyclic) bond motifs is 4. The third-order valence-corrected chi connectivity index (χ3v) is 5.15. The van der Waals surface area contributed by atoms with Gasteiger partial charge in [0.05, 0.1) is 21.7 Å². The Morgan fingerprint density at radius 1 is 1.31 bits per heavy atom. The van der Waals surface area contributed by atoms with Crippen LogP contribution in [0.3, 0.4) is 0 Å². The van der Waals surface area contributed by atoms with Crippen LogP contribution in [0, 0.1) is 10.1 Å². The van der Waals surface area contributed by atoms with Crippen LogP contribution in [0.4, 0.5) is 16.2 Å². The molecule has 0 aromatic heterocycles. The highest BCUT2D eigenvalue weighted by molar-refractivity contribution is 6.36. The zero-order valence-electron chi connectivity index (χ0n) is 13.5. The number of benzene rings is 2. The molecule has 0 unspecified atom stereocenters. The number of ether oxygens (including phenoxy) is 1. The van der Waals surface area contributed by atoms with Crippen molar-refractivity contribution < 1.29 is 14.5 Å². The van der Waals surface area contributed by atoms with E-state index in [0.717, 1.165) is 0 Å². The lowest BCUT2D eigenvalue weighted by atomic mass is 9.90. The molecule has 0 aliphatic carbocycles. The summed E-state index contributed by atoms with van der Waals surface area (Å²) in [5.74, 6) is 0.490. The number of nitrogens with one attached hydrogen (secondary N) is 1. The maximum Gasteiger partial charge on any atom is 0.325 e. The van der Waals surface area contributed by atoms with Crippen molar-refractivity contribution in [1.29, 1.82) is 0 Å². The molecule has 1 saturated heterocycles. The standard InChI is InChI=1S/C17H13Cl2N3O4/c1-17-8-13(11-7-10(22(24)25)3-5-15(11)26-17)20-16(23)21(17)14-4-2-9(18)6-12(14)19/h2-7,13H,8H2,1H3,(H,20,23)/t13-,17-/m0/s1. The molecule has 26 heavy (non-hydrogen) atoms. The highest BCUT2D eigenvalue weighted by Gasteiger charge is 2.50. The molecule has 7 nitrogen and oxygen atoms in total. The quantitative estimate of drug-likeness (QED) is 0.593. The molecule has 134 valence electrons. The van der Waals surface area contributed by atoms with Gasteiger partial charge in [-0.05, 0) is 31.2 Å². The number of urea groups is 1. The summed E-state index contributed by atoms with van der Waals surface area (Å²) in [5.41, 5.74) is 0.0216. The molecule has 4 rings (SSSR count). The lowest BCUT2D eigenvalue weighted by molar-refractivity contribution is -0.385. The molecule has 9 heteroatoms. The molecule has 0 saturated carbocycles. The van der Waals surface area contributed by atoms with Crippen LogP contribution < -0.4 is 15.0 Å². The largest absolute Gasteiger partial charge is 0.467 e. The van der Waals surface area contributed by atoms with E-state index < -0.39 is 22.7 Å². The fourth-order valence-electron chi connectivity index (χ4n) is 3.50. The first kappa shape index (κ1) is 16.9. The Kier molecular flexibility index (Phi) is 3.75. The predicted octanol–water partition coefficient (Wildman–Crippen LogP) is 4.67. The van der Waals surface area contributed by atoms with Crippen LogP contribution in [0.2, 0.25) is 10.0 Å². The van der Waals surface area contributed by atoms with Gasteiger partial charge in [0.25, 0.3) is 5.69 Å². The summed E-state index contributed by atoms with van der Waals surface area (Å²) in [7, 11) is 0. The fourth-order valence-corrected chi connectivity index (χ4v) is 4.00. The summed E-state index contributed by atoms with van der Waals surface area (Å²) >= 11 is 12.2. The van der Waals surface area contributed by atoms with Gasteiger partial charge in [0, 0.05) is 29.1 Å². The van der Waals surface area contributed by atoms with Gasteiger partial charge in [-0.1, -0.05) is 23.2 Å². The zero-order valence-corrected chi connectivity index (χ0v) is 15.0. The van der Waals surface area contributed by atoms with Gasteiger partial charge in [-0.25, -0.2) is 4.79 Å². The van der Waals surface area contributed by atoms with Gasteiger partial charge in [0.1, 0.15) is 5.75 Å². The van der Waals surface area contributed by atoms with Crippen LogP contribution in [-0.2, 0) is 0 Å². The molecule has 1 N–H and O–H groups in total. The van der Waals surface area contributed by atoms with E-state index in [1.165, 1.54) is 17.0 Å². The van der Waals surface area contributed by atoms with Gasteiger partial charge in [-0.2, -0.15) is 0 Å². The van der Waals surface area contributed by atoms with Gasteiger partial charge >= 0.3 is 6.03 Å². The number of nitrogens with zero attached hydrogens (tertiary/aromatic N) is 2. The van der Waals surface area contributed by atoms with Gasteiger partial charge in [-0.3, -0.25) is 15.0 Å². The average Bonchev–Trinajstić information content (AvgIpc) is 2.55. The summed E-state index contributed by atoms with van der Waals surface area (Å²) in [6.45, 7) is 1.79. The van der Waals surface area contributed by atoms with Crippen LogP contribution in [0.25, 0.3) is 0 Å². The van der Waals surface area contributed by atoms with Gasteiger partial charge in [0.2, 0.25) is 0 Å². The SMILES string of the molecule is C[C@]12C[C@H](NC(=O)N1c1ccc(Cl)cc1Cl)c1cc([N+](=O)[O-])ccc1O2. The number of amides is 2. The van der Waals surface area contributed by atoms with Crippen LogP contribution >= 0.6 is 23.2 Å². The summed E-state index contributed by atoms with van der Waals surface area (Å²) in [4.78, 5) is 24.8. The normalized spacial score (nSPS) is 23.7. The van der Waals surface area contributed by atoms with E-state index in [1.54, 1.807) is 31.2 Å². The number of hydrogen-bond donors (Lipinski definition) is 1. The van der Waals surface area contributed by atoms with E-state index >= 15 is 0 Å². The molecule has 2 heterocycles. The average molecular weight is 394 g/mol. The number of hydrogen-bond acceptors (Lipinski definition) is 4. The fraction of sp³-hybridized carbons (Fsp3) is 0.235. The Morgan fingerprint density at radius 3 is 2.77 bits per heavy atom. The minimum absolute atomic E-state index is 0.0478. The highest BCUT2D eigenvalue weighted by Crippen LogP contribution is 2.47. The number of non-ortho nitro benzene ring substituents is 1. The lowest BCUT2D eigenvalue weighted by Crippen LogP contribution is -2.65. The summed E-state index contributed by atoms with van der Waals surface area (Å²) in [6, 6.07) is 8.44. The second-order valence-corrected chi connectivity index (χ2v) is 7.24. The van der Waals surface area contributed by atoms with Gasteiger partial charge in [-0.15, -0.1) is 0 Å². The Morgan fingerprint density at radius 2 is 2.08 bits per heavy atom. The van der Waals surface area contributed by atoms with E-state index in [9.17, 15) is 14.9 Å². The second kappa shape index (κ2) is 5.75. The number of anilines is 1. The smallest absolute Gasteiger partial charge is 0.325 e. The molecule has 2 aromatic carbocycles. The predicted molar refractivity (Wildman–Crippen MR) is 97.0 cm³/mol. The number of halogens is 2. The topological polar surface area (TPSA) is 84.7 Å². The first-order valence-electron chi connectivity index (χ1n) is 7.82. The molecule has 2 atom stereocenters. The van der Waals surface area contributed by atoms with Crippen molar-refractivity contribution >= 4 is 40.6 Å². The second-order valence-electron chi connectivity index (χ2n) is 6.39. The number of nitro benzene ring substituents is 1. The maximum absolute atomic E-state index is 12.8. The van der Waals surface area contributed by atoms with E-state index in [4.69, 9.17) is 27.9 Å². The van der Waals surface area contributed by atoms with E-state index in [1.807, 2.05) is 0 Å². The van der Waals surface area contributed by atoms with Crippen molar-refractivity contribution in [3.8, 4) is 5.75 Å². The van der Waals surface area contributed by atoms with Gasteiger partial charge < -0.3 is 10.1 Å². The zero-order chi connectivity index (χ0) is 18.6. The van der Waals surface area contributed by atoms with E-state index in [2.05, 4.69) is 5.32 Å². The minimum atomic E-state index is -0.992. The molecule has 1 fully saturated rings. The first-order chi connectivity index (χ1) is 12.3. The summed E-state index contributed by atoms with van der Waals surface area (Å²) < 4.78 is 6.10. The number of carbonyl (C=O) groups is 1. The molecule has 2 amide bonds. The Hall–Kier alpha value is -2.51. The van der Waals surface area contributed by atoms with Gasteiger partial charge in [0.15, 0.2) is 5.72 Å². The van der Waals surface area contributed by atoms with Crippen LogP contribution in [-0.4, -0.2) is 16.7 Å². The van der Waals surface area contributed by atoms with E-state index in [0.29, 0.717) is 33.5 Å². The molecule has 2 aromatic rings. The van der Waals surface area contributed by atoms with Crippen molar-refractivity contribution in [2.24, 2.45) is 0 Å². The number of nitro groups is 1. The molecule has 0 spiro atoms. The molecular formula is C17H13Cl2N3O4. The highest BCUT2D eigenvalue weighted by atomic mass is 35.5. The Labute approximate surface area is 158 Å². The van der Waals surface area contributed by atoms with Crippen molar-refractivity contribution in [3.05, 3.63) is 62.1 Å².